The predicted octanol–water partition coefficient (Wildman–Crippen LogP) is 5.39. The first-order valence-corrected chi connectivity index (χ1v) is 9.43. The Morgan fingerprint density at radius 1 is 1.24 bits per heavy atom. The largest absolute Gasteiger partial charge is 0.314 e. The lowest BCUT2D eigenvalue weighted by atomic mass is 9.95. The van der Waals surface area contributed by atoms with E-state index >= 15 is 0 Å². The summed E-state index contributed by atoms with van der Waals surface area (Å²) >= 11 is 1.89. The highest BCUT2D eigenvalue weighted by atomic mass is 32.1. The van der Waals surface area contributed by atoms with Crippen LogP contribution in [0.4, 0.5) is 0 Å². The SMILES string of the molecule is CCNC(CCC1CCCC1)Cc1csc2ccccc12. The van der Waals surface area contributed by atoms with Gasteiger partial charge in [0.2, 0.25) is 0 Å². The van der Waals surface area contributed by atoms with E-state index in [4.69, 9.17) is 0 Å². The summed E-state index contributed by atoms with van der Waals surface area (Å²) in [5, 5.41) is 7.54. The second-order valence-corrected chi connectivity index (χ2v) is 7.35. The Morgan fingerprint density at radius 3 is 2.86 bits per heavy atom. The van der Waals surface area contributed by atoms with Crippen LogP contribution in [0.25, 0.3) is 10.1 Å². The maximum Gasteiger partial charge on any atom is 0.0345 e. The molecule has 1 aliphatic carbocycles. The second kappa shape index (κ2) is 7.42. The first kappa shape index (κ1) is 15.1. The zero-order valence-corrected chi connectivity index (χ0v) is 13.9. The summed E-state index contributed by atoms with van der Waals surface area (Å²) in [5.74, 6) is 1.00. The molecule has 1 aromatic heterocycles. The minimum atomic E-state index is 0.647. The number of hydrogen-bond donors (Lipinski definition) is 1. The molecule has 1 fully saturated rings. The Hall–Kier alpha value is -0.860. The van der Waals surface area contributed by atoms with Crippen LogP contribution in [0.2, 0.25) is 0 Å². The third kappa shape index (κ3) is 3.87. The summed E-state index contributed by atoms with van der Waals surface area (Å²) in [4.78, 5) is 0. The van der Waals surface area contributed by atoms with Crippen LogP contribution in [-0.2, 0) is 6.42 Å². The van der Waals surface area contributed by atoms with Crippen LogP contribution in [0.15, 0.2) is 29.6 Å². The van der Waals surface area contributed by atoms with Gasteiger partial charge in [0.05, 0.1) is 0 Å². The quantitative estimate of drug-likeness (QED) is 0.722. The van der Waals surface area contributed by atoms with Crippen molar-refractivity contribution in [2.45, 2.75) is 57.9 Å². The highest BCUT2D eigenvalue weighted by Gasteiger charge is 2.18. The lowest BCUT2D eigenvalue weighted by Gasteiger charge is -2.19. The fourth-order valence-corrected chi connectivity index (χ4v) is 4.73. The minimum Gasteiger partial charge on any atom is -0.314 e. The van der Waals surface area contributed by atoms with E-state index in [9.17, 15) is 0 Å². The molecule has 2 aromatic rings. The Kier molecular flexibility index (Phi) is 5.32. The van der Waals surface area contributed by atoms with Gasteiger partial charge in [0.15, 0.2) is 0 Å². The van der Waals surface area contributed by atoms with Crippen LogP contribution >= 0.6 is 11.3 Å². The van der Waals surface area contributed by atoms with Crippen LogP contribution in [-0.4, -0.2) is 12.6 Å². The lowest BCUT2D eigenvalue weighted by Crippen LogP contribution is -2.31. The van der Waals surface area contributed by atoms with Gasteiger partial charge in [-0.25, -0.2) is 0 Å². The first-order valence-electron chi connectivity index (χ1n) is 8.55. The molecule has 0 saturated heterocycles. The van der Waals surface area contributed by atoms with Gasteiger partial charge in [0, 0.05) is 10.7 Å². The molecule has 0 spiro atoms. The van der Waals surface area contributed by atoms with E-state index in [0.717, 1.165) is 12.5 Å². The number of rotatable bonds is 7. The van der Waals surface area contributed by atoms with Crippen LogP contribution in [0.3, 0.4) is 0 Å². The van der Waals surface area contributed by atoms with Crippen LogP contribution < -0.4 is 5.32 Å². The molecule has 2 heteroatoms. The number of thiophene rings is 1. The molecule has 1 aromatic carbocycles. The van der Waals surface area contributed by atoms with E-state index in [1.807, 2.05) is 11.3 Å². The molecule has 1 aliphatic rings. The first-order chi connectivity index (χ1) is 10.4. The normalized spacial score (nSPS) is 17.6. The van der Waals surface area contributed by atoms with Crippen molar-refractivity contribution < 1.29 is 0 Å². The van der Waals surface area contributed by atoms with Crippen molar-refractivity contribution in [1.29, 1.82) is 0 Å². The molecule has 1 N–H and O–H groups in total. The number of fused-ring (bicyclic) bond motifs is 1. The molecule has 21 heavy (non-hydrogen) atoms. The fourth-order valence-electron chi connectivity index (χ4n) is 3.76. The molecule has 0 radical (unpaired) electrons. The van der Waals surface area contributed by atoms with Crippen LogP contribution in [0, 0.1) is 5.92 Å². The Balaban J connectivity index is 1.63. The minimum absolute atomic E-state index is 0.647. The molecule has 0 aliphatic heterocycles. The van der Waals surface area contributed by atoms with Gasteiger partial charge in [-0.1, -0.05) is 50.8 Å². The Labute approximate surface area is 132 Å². The molecule has 1 heterocycles. The zero-order valence-electron chi connectivity index (χ0n) is 13.1. The van der Waals surface area contributed by atoms with Gasteiger partial charge < -0.3 is 5.32 Å². The average Bonchev–Trinajstić information content (AvgIpc) is 3.15. The molecular formula is C19H27NS. The van der Waals surface area contributed by atoms with Crippen molar-refractivity contribution in [3.8, 4) is 0 Å². The highest BCUT2D eigenvalue weighted by Crippen LogP contribution is 2.30. The Bertz CT molecular complexity index is 553. The maximum atomic E-state index is 3.71. The van der Waals surface area contributed by atoms with E-state index in [0.29, 0.717) is 6.04 Å². The van der Waals surface area contributed by atoms with Crippen LogP contribution in [0.5, 0.6) is 0 Å². The van der Waals surface area contributed by atoms with Gasteiger partial charge in [0.1, 0.15) is 0 Å². The van der Waals surface area contributed by atoms with Crippen LogP contribution in [0.1, 0.15) is 51.0 Å². The molecule has 1 nitrogen and oxygen atoms in total. The zero-order chi connectivity index (χ0) is 14.5. The third-order valence-electron chi connectivity index (χ3n) is 4.92. The third-order valence-corrected chi connectivity index (χ3v) is 5.93. The number of likely N-dealkylation sites (N-methyl/N-ethyl adjacent to an activating group) is 1. The molecular weight excluding hydrogens is 274 g/mol. The smallest absolute Gasteiger partial charge is 0.0345 e. The molecule has 0 bridgehead atoms. The molecule has 1 saturated carbocycles. The van der Waals surface area contributed by atoms with E-state index in [-0.39, 0.29) is 0 Å². The Morgan fingerprint density at radius 2 is 2.05 bits per heavy atom. The maximum absolute atomic E-state index is 3.71. The fraction of sp³-hybridized carbons (Fsp3) is 0.579. The van der Waals surface area contributed by atoms with Gasteiger partial charge in [-0.2, -0.15) is 0 Å². The van der Waals surface area contributed by atoms with Crippen molar-refractivity contribution in [2.75, 3.05) is 6.54 Å². The van der Waals surface area contributed by atoms with E-state index in [1.54, 1.807) is 0 Å². The van der Waals surface area contributed by atoms with Gasteiger partial charge in [0.25, 0.3) is 0 Å². The standard InChI is InChI=1S/C19H27NS/c1-2-20-17(12-11-15-7-3-4-8-15)13-16-14-21-19-10-6-5-9-18(16)19/h5-6,9-10,14-15,17,20H,2-4,7-8,11-13H2,1H3. The summed E-state index contributed by atoms with van der Waals surface area (Å²) in [6, 6.07) is 9.48. The van der Waals surface area contributed by atoms with Gasteiger partial charge in [-0.3, -0.25) is 0 Å². The predicted molar refractivity (Wildman–Crippen MR) is 94.2 cm³/mol. The van der Waals surface area contributed by atoms with Crippen molar-refractivity contribution in [3.63, 3.8) is 0 Å². The topological polar surface area (TPSA) is 12.0 Å². The summed E-state index contributed by atoms with van der Waals surface area (Å²) in [6.07, 6.45) is 9.81. The summed E-state index contributed by atoms with van der Waals surface area (Å²) in [7, 11) is 0. The van der Waals surface area contributed by atoms with E-state index in [2.05, 4.69) is 41.9 Å². The van der Waals surface area contributed by atoms with E-state index < -0.39 is 0 Å². The molecule has 3 rings (SSSR count). The lowest BCUT2D eigenvalue weighted by molar-refractivity contribution is 0.408. The summed E-state index contributed by atoms with van der Waals surface area (Å²) < 4.78 is 1.43. The van der Waals surface area contributed by atoms with E-state index in [1.165, 1.54) is 60.6 Å². The monoisotopic (exact) mass is 301 g/mol. The number of nitrogens with one attached hydrogen (secondary N) is 1. The molecule has 114 valence electrons. The van der Waals surface area contributed by atoms with Gasteiger partial charge in [-0.05, 0) is 54.1 Å². The number of benzene rings is 1. The van der Waals surface area contributed by atoms with Crippen molar-refractivity contribution in [1.82, 2.24) is 5.32 Å². The highest BCUT2D eigenvalue weighted by molar-refractivity contribution is 7.17. The van der Waals surface area contributed by atoms with Gasteiger partial charge in [-0.15, -0.1) is 11.3 Å². The molecule has 1 unspecified atom stereocenters. The second-order valence-electron chi connectivity index (χ2n) is 6.44. The van der Waals surface area contributed by atoms with Crippen molar-refractivity contribution in [3.05, 3.63) is 35.2 Å². The average molecular weight is 301 g/mol. The molecule has 0 amide bonds. The summed E-state index contributed by atoms with van der Waals surface area (Å²) in [6.45, 7) is 3.31. The van der Waals surface area contributed by atoms with Crippen molar-refractivity contribution in [2.24, 2.45) is 5.92 Å². The van der Waals surface area contributed by atoms with Crippen molar-refractivity contribution >= 4 is 21.4 Å². The number of hydrogen-bond acceptors (Lipinski definition) is 2. The van der Waals surface area contributed by atoms with Gasteiger partial charge >= 0.3 is 0 Å². The molecule has 1 atom stereocenters. The summed E-state index contributed by atoms with van der Waals surface area (Å²) in [5.41, 5.74) is 1.54.